The maximum atomic E-state index is 12.3. The van der Waals surface area contributed by atoms with Gasteiger partial charge in [-0.2, -0.15) is 0 Å². The fourth-order valence-corrected chi connectivity index (χ4v) is 4.48. The van der Waals surface area contributed by atoms with E-state index < -0.39 is 0 Å². The molecule has 3 heterocycles. The summed E-state index contributed by atoms with van der Waals surface area (Å²) in [6, 6.07) is 0. The second-order valence-corrected chi connectivity index (χ2v) is 8.56. The number of fused-ring (bicyclic) bond motifs is 1. The van der Waals surface area contributed by atoms with Crippen molar-refractivity contribution in [3.8, 4) is 0 Å². The van der Waals surface area contributed by atoms with Crippen LogP contribution in [0.3, 0.4) is 0 Å². The lowest BCUT2D eigenvalue weighted by Gasteiger charge is -2.41. The summed E-state index contributed by atoms with van der Waals surface area (Å²) in [5.74, 6) is 3.84. The number of aromatic nitrogens is 3. The molecule has 1 amide bonds. The Hall–Kier alpha value is -1.39. The molecule has 132 valence electrons. The zero-order valence-corrected chi connectivity index (χ0v) is 15.1. The van der Waals surface area contributed by atoms with Crippen molar-refractivity contribution in [3.63, 3.8) is 0 Å². The van der Waals surface area contributed by atoms with Crippen LogP contribution in [0.15, 0.2) is 0 Å². The fourth-order valence-electron chi connectivity index (χ4n) is 4.48. The number of carbonyl (C=O) groups excluding carboxylic acids is 1. The van der Waals surface area contributed by atoms with Gasteiger partial charge in [0.2, 0.25) is 5.91 Å². The molecule has 0 N–H and O–H groups in total. The lowest BCUT2D eigenvalue weighted by Crippen LogP contribution is -2.43. The molecule has 1 saturated heterocycles. The highest BCUT2D eigenvalue weighted by Crippen LogP contribution is 2.42. The first-order valence-corrected chi connectivity index (χ1v) is 9.76. The van der Waals surface area contributed by atoms with Crippen LogP contribution in [-0.4, -0.2) is 38.7 Å². The molecule has 0 radical (unpaired) electrons. The number of carbonyl (C=O) groups is 1. The van der Waals surface area contributed by atoms with Gasteiger partial charge in [-0.05, 0) is 49.9 Å². The smallest absolute Gasteiger partial charge is 0.222 e. The molecule has 24 heavy (non-hydrogen) atoms. The number of piperidine rings is 1. The first-order chi connectivity index (χ1) is 11.6. The van der Waals surface area contributed by atoms with Gasteiger partial charge in [0.05, 0.1) is 0 Å². The van der Waals surface area contributed by atoms with Gasteiger partial charge >= 0.3 is 0 Å². The van der Waals surface area contributed by atoms with Crippen LogP contribution < -0.4 is 0 Å². The number of hydrogen-bond donors (Lipinski definition) is 0. The number of likely N-dealkylation sites (tertiary alicyclic amines) is 1. The molecular weight excluding hydrogens is 300 g/mol. The van der Waals surface area contributed by atoms with Crippen molar-refractivity contribution < 1.29 is 4.79 Å². The van der Waals surface area contributed by atoms with E-state index in [1.54, 1.807) is 0 Å². The summed E-state index contributed by atoms with van der Waals surface area (Å²) < 4.78 is 2.37. The summed E-state index contributed by atoms with van der Waals surface area (Å²) in [5.41, 5.74) is 0.408. The van der Waals surface area contributed by atoms with Crippen molar-refractivity contribution in [1.29, 1.82) is 0 Å². The van der Waals surface area contributed by atoms with Crippen molar-refractivity contribution in [1.82, 2.24) is 19.7 Å². The topological polar surface area (TPSA) is 51.0 Å². The number of aryl methyl sites for hydroxylation is 1. The Labute approximate surface area is 144 Å². The molecule has 0 bridgehead atoms. The fraction of sp³-hybridized carbons (Fsp3) is 0.842. The van der Waals surface area contributed by atoms with Crippen molar-refractivity contribution in [2.24, 2.45) is 11.3 Å². The Morgan fingerprint density at radius 3 is 2.50 bits per heavy atom. The Morgan fingerprint density at radius 2 is 1.83 bits per heavy atom. The largest absolute Gasteiger partial charge is 0.343 e. The van der Waals surface area contributed by atoms with Crippen molar-refractivity contribution in [2.75, 3.05) is 13.1 Å². The van der Waals surface area contributed by atoms with Crippen molar-refractivity contribution in [3.05, 3.63) is 11.6 Å². The van der Waals surface area contributed by atoms with E-state index in [2.05, 4.69) is 33.5 Å². The molecule has 1 spiro atoms. The van der Waals surface area contributed by atoms with Crippen LogP contribution >= 0.6 is 0 Å². The first-order valence-electron chi connectivity index (χ1n) is 9.76. The molecule has 1 saturated carbocycles. The van der Waals surface area contributed by atoms with E-state index in [0.29, 0.717) is 23.2 Å². The predicted octanol–water partition coefficient (Wildman–Crippen LogP) is 3.15. The number of hydrogen-bond acceptors (Lipinski definition) is 3. The standard InChI is InChI=1S/C19H30N4O/c1-14(2)18-21-20-16-5-6-19(9-12-23(16)18)7-10-22(11-8-19)17(24)13-15-3-4-15/h14-15H,3-13H2,1-2H3. The van der Waals surface area contributed by atoms with Gasteiger partial charge in [-0.25, -0.2) is 0 Å². The average molecular weight is 330 g/mol. The molecule has 2 fully saturated rings. The van der Waals surface area contributed by atoms with Crippen LogP contribution in [0.2, 0.25) is 0 Å². The highest BCUT2D eigenvalue weighted by molar-refractivity contribution is 5.76. The summed E-state index contributed by atoms with van der Waals surface area (Å²) in [7, 11) is 0. The molecule has 0 unspecified atom stereocenters. The molecule has 4 rings (SSSR count). The van der Waals surface area contributed by atoms with Crippen molar-refractivity contribution in [2.45, 2.75) is 77.7 Å². The zero-order chi connectivity index (χ0) is 16.7. The second kappa shape index (κ2) is 6.16. The van der Waals surface area contributed by atoms with Crippen LogP contribution in [0, 0.1) is 11.3 Å². The molecular formula is C19H30N4O. The molecule has 3 aliphatic rings. The van der Waals surface area contributed by atoms with Gasteiger partial charge in [-0.1, -0.05) is 13.8 Å². The normalized spacial score (nSPS) is 23.4. The minimum atomic E-state index is 0.403. The third-order valence-corrected chi connectivity index (χ3v) is 6.45. The summed E-state index contributed by atoms with van der Waals surface area (Å²) in [6.45, 7) is 7.36. The second-order valence-electron chi connectivity index (χ2n) is 8.56. The van der Waals surface area contributed by atoms with E-state index in [9.17, 15) is 4.79 Å². The number of rotatable bonds is 3. The molecule has 1 aromatic rings. The highest BCUT2D eigenvalue weighted by Gasteiger charge is 2.38. The van der Waals surface area contributed by atoms with Crippen molar-refractivity contribution >= 4 is 5.91 Å². The van der Waals surface area contributed by atoms with Crippen LogP contribution in [0.25, 0.3) is 0 Å². The van der Waals surface area contributed by atoms with E-state index in [4.69, 9.17) is 0 Å². The van der Waals surface area contributed by atoms with E-state index in [0.717, 1.165) is 38.3 Å². The van der Waals surface area contributed by atoms with Crippen LogP contribution in [-0.2, 0) is 17.8 Å². The van der Waals surface area contributed by atoms with Gasteiger partial charge in [-0.3, -0.25) is 4.79 Å². The summed E-state index contributed by atoms with van der Waals surface area (Å²) >= 11 is 0. The third kappa shape index (κ3) is 3.09. The van der Waals surface area contributed by atoms with Gasteiger partial charge in [0, 0.05) is 38.4 Å². The lowest BCUT2D eigenvalue weighted by atomic mass is 9.72. The SMILES string of the molecule is CC(C)c1nnc2n1CCC1(CC2)CCN(C(=O)CC2CC2)CC1. The van der Waals surface area contributed by atoms with Gasteiger partial charge in [-0.15, -0.1) is 10.2 Å². The quantitative estimate of drug-likeness (QED) is 0.855. The Balaban J connectivity index is 1.38. The Kier molecular flexibility index (Phi) is 4.13. The van der Waals surface area contributed by atoms with Crippen LogP contribution in [0.5, 0.6) is 0 Å². The average Bonchev–Trinajstić information content (AvgIpc) is 3.31. The predicted molar refractivity (Wildman–Crippen MR) is 92.6 cm³/mol. The molecule has 1 aromatic heterocycles. The van der Waals surface area contributed by atoms with E-state index in [1.165, 1.54) is 44.3 Å². The molecule has 0 aromatic carbocycles. The van der Waals surface area contributed by atoms with Gasteiger partial charge in [0.15, 0.2) is 0 Å². The molecule has 0 atom stereocenters. The third-order valence-electron chi connectivity index (χ3n) is 6.45. The van der Waals surface area contributed by atoms with E-state index in [1.807, 2.05) is 0 Å². The lowest BCUT2D eigenvalue weighted by molar-refractivity contribution is -0.134. The van der Waals surface area contributed by atoms with Crippen LogP contribution in [0.1, 0.15) is 76.4 Å². The zero-order valence-electron chi connectivity index (χ0n) is 15.1. The van der Waals surface area contributed by atoms with E-state index >= 15 is 0 Å². The summed E-state index contributed by atoms with van der Waals surface area (Å²) in [6.07, 6.45) is 9.11. The van der Waals surface area contributed by atoms with Crippen LogP contribution in [0.4, 0.5) is 0 Å². The maximum Gasteiger partial charge on any atom is 0.222 e. The maximum absolute atomic E-state index is 12.3. The Morgan fingerprint density at radius 1 is 1.12 bits per heavy atom. The first kappa shape index (κ1) is 16.1. The molecule has 2 aliphatic heterocycles. The monoisotopic (exact) mass is 330 g/mol. The minimum absolute atomic E-state index is 0.403. The minimum Gasteiger partial charge on any atom is -0.343 e. The molecule has 1 aliphatic carbocycles. The van der Waals surface area contributed by atoms with Gasteiger partial charge < -0.3 is 9.47 Å². The number of amides is 1. The van der Waals surface area contributed by atoms with Gasteiger partial charge in [0.25, 0.3) is 0 Å². The molecule has 5 nitrogen and oxygen atoms in total. The summed E-state index contributed by atoms with van der Waals surface area (Å²) in [5, 5.41) is 8.85. The molecule has 5 heteroatoms. The highest BCUT2D eigenvalue weighted by atomic mass is 16.2. The summed E-state index contributed by atoms with van der Waals surface area (Å²) in [4.78, 5) is 14.5. The Bertz CT molecular complexity index is 609. The van der Waals surface area contributed by atoms with Gasteiger partial charge in [0.1, 0.15) is 11.6 Å². The van der Waals surface area contributed by atoms with E-state index in [-0.39, 0.29) is 0 Å². The number of nitrogens with zero attached hydrogens (tertiary/aromatic N) is 4.